The van der Waals surface area contributed by atoms with E-state index in [1.54, 1.807) is 55.8 Å². The van der Waals surface area contributed by atoms with Crippen molar-refractivity contribution in [3.63, 3.8) is 0 Å². The molecule has 3 aromatic rings. The standard InChI is InChI=1S/C18H17N5O3/c1-2-23-17(24)15(21-13-7-5-8-19-11-13)14(16(22-23)18(25)26)10-12-6-3-4-9-20-12/h3-9,11,21H,2,10H2,1H3,(H,25,26). The second-order valence-electron chi connectivity index (χ2n) is 5.49. The maximum Gasteiger partial charge on any atom is 0.356 e. The summed E-state index contributed by atoms with van der Waals surface area (Å²) < 4.78 is 1.13. The minimum absolute atomic E-state index is 0.165. The molecule has 0 aliphatic rings. The summed E-state index contributed by atoms with van der Waals surface area (Å²) in [7, 11) is 0. The van der Waals surface area contributed by atoms with Gasteiger partial charge in [-0.1, -0.05) is 6.07 Å². The van der Waals surface area contributed by atoms with Crippen LogP contribution in [0.25, 0.3) is 0 Å². The number of aryl methyl sites for hydroxylation is 1. The molecule has 26 heavy (non-hydrogen) atoms. The van der Waals surface area contributed by atoms with Crippen LogP contribution in [0.5, 0.6) is 0 Å². The zero-order chi connectivity index (χ0) is 18.5. The lowest BCUT2D eigenvalue weighted by atomic mass is 10.1. The lowest BCUT2D eigenvalue weighted by Crippen LogP contribution is -2.29. The molecule has 3 rings (SSSR count). The van der Waals surface area contributed by atoms with Gasteiger partial charge in [0, 0.05) is 36.6 Å². The average Bonchev–Trinajstić information content (AvgIpc) is 2.66. The van der Waals surface area contributed by atoms with E-state index in [2.05, 4.69) is 20.4 Å². The van der Waals surface area contributed by atoms with Gasteiger partial charge in [0.15, 0.2) is 5.69 Å². The van der Waals surface area contributed by atoms with Crippen molar-refractivity contribution in [3.05, 3.63) is 76.2 Å². The molecular formula is C18H17N5O3. The van der Waals surface area contributed by atoms with Gasteiger partial charge in [-0.3, -0.25) is 14.8 Å². The van der Waals surface area contributed by atoms with Crippen molar-refractivity contribution < 1.29 is 9.90 Å². The van der Waals surface area contributed by atoms with Gasteiger partial charge in [0.05, 0.1) is 11.9 Å². The quantitative estimate of drug-likeness (QED) is 0.699. The van der Waals surface area contributed by atoms with E-state index >= 15 is 0 Å². The molecule has 0 spiro atoms. The summed E-state index contributed by atoms with van der Waals surface area (Å²) in [5.41, 5.74) is 1.10. The molecule has 3 heterocycles. The number of carboxylic acid groups (broad SMARTS) is 1. The topological polar surface area (TPSA) is 110 Å². The van der Waals surface area contributed by atoms with Crippen LogP contribution >= 0.6 is 0 Å². The Morgan fingerprint density at radius 2 is 2.08 bits per heavy atom. The van der Waals surface area contributed by atoms with Crippen LogP contribution in [-0.2, 0) is 13.0 Å². The molecule has 0 atom stereocenters. The SMILES string of the molecule is CCn1nc(C(=O)O)c(Cc2ccccn2)c(Nc2cccnc2)c1=O. The molecule has 8 nitrogen and oxygen atoms in total. The number of rotatable bonds is 6. The van der Waals surface area contributed by atoms with Gasteiger partial charge in [-0.15, -0.1) is 0 Å². The highest BCUT2D eigenvalue weighted by molar-refractivity contribution is 5.89. The van der Waals surface area contributed by atoms with Crippen LogP contribution < -0.4 is 10.9 Å². The second-order valence-corrected chi connectivity index (χ2v) is 5.49. The summed E-state index contributed by atoms with van der Waals surface area (Å²) in [4.78, 5) is 32.8. The molecule has 0 saturated carbocycles. The molecule has 0 fully saturated rings. The van der Waals surface area contributed by atoms with Gasteiger partial charge in [0.25, 0.3) is 5.56 Å². The van der Waals surface area contributed by atoms with Crippen molar-refractivity contribution >= 4 is 17.3 Å². The third-order valence-corrected chi connectivity index (χ3v) is 3.77. The number of aromatic nitrogens is 4. The first kappa shape index (κ1) is 17.3. The number of nitrogens with zero attached hydrogens (tertiary/aromatic N) is 4. The largest absolute Gasteiger partial charge is 0.476 e. The Morgan fingerprint density at radius 3 is 2.69 bits per heavy atom. The zero-order valence-electron chi connectivity index (χ0n) is 14.1. The van der Waals surface area contributed by atoms with E-state index in [-0.39, 0.29) is 29.9 Å². The summed E-state index contributed by atoms with van der Waals surface area (Å²) >= 11 is 0. The first-order valence-electron chi connectivity index (χ1n) is 8.04. The smallest absolute Gasteiger partial charge is 0.356 e. The number of aromatic carboxylic acids is 1. The fourth-order valence-corrected chi connectivity index (χ4v) is 2.56. The molecular weight excluding hydrogens is 334 g/mol. The molecule has 3 aromatic heterocycles. The van der Waals surface area contributed by atoms with Crippen LogP contribution in [0.2, 0.25) is 0 Å². The second kappa shape index (κ2) is 7.56. The Balaban J connectivity index is 2.19. The van der Waals surface area contributed by atoms with E-state index in [1.165, 1.54) is 0 Å². The highest BCUT2D eigenvalue weighted by Crippen LogP contribution is 2.22. The Hall–Kier alpha value is -3.55. The Kier molecular flexibility index (Phi) is 5.02. The molecule has 0 saturated heterocycles. The first-order chi connectivity index (χ1) is 12.6. The van der Waals surface area contributed by atoms with E-state index in [4.69, 9.17) is 0 Å². The lowest BCUT2D eigenvalue weighted by molar-refractivity contribution is 0.0686. The lowest BCUT2D eigenvalue weighted by Gasteiger charge is -2.15. The molecule has 2 N–H and O–H groups in total. The number of hydrogen-bond donors (Lipinski definition) is 2. The molecule has 0 unspecified atom stereocenters. The van der Waals surface area contributed by atoms with Gasteiger partial charge < -0.3 is 10.4 Å². The van der Waals surface area contributed by atoms with E-state index in [1.807, 2.05) is 0 Å². The van der Waals surface area contributed by atoms with Crippen LogP contribution in [0.4, 0.5) is 11.4 Å². The molecule has 0 amide bonds. The number of carbonyl (C=O) groups is 1. The molecule has 8 heteroatoms. The van der Waals surface area contributed by atoms with Crippen LogP contribution in [0.1, 0.15) is 28.7 Å². The van der Waals surface area contributed by atoms with Gasteiger partial charge in [-0.05, 0) is 31.2 Å². The average molecular weight is 351 g/mol. The van der Waals surface area contributed by atoms with Crippen LogP contribution in [0.3, 0.4) is 0 Å². The molecule has 0 aliphatic heterocycles. The summed E-state index contributed by atoms with van der Waals surface area (Å²) in [6, 6.07) is 8.80. The van der Waals surface area contributed by atoms with Gasteiger partial charge in [0.1, 0.15) is 5.69 Å². The van der Waals surface area contributed by atoms with Crippen molar-refractivity contribution in [2.45, 2.75) is 19.9 Å². The van der Waals surface area contributed by atoms with Crippen molar-refractivity contribution in [1.29, 1.82) is 0 Å². The minimum Gasteiger partial charge on any atom is -0.476 e. The van der Waals surface area contributed by atoms with Crippen LogP contribution in [0.15, 0.2) is 53.7 Å². The Morgan fingerprint density at radius 1 is 1.23 bits per heavy atom. The maximum absolute atomic E-state index is 12.8. The van der Waals surface area contributed by atoms with Crippen molar-refractivity contribution in [1.82, 2.24) is 19.7 Å². The highest BCUT2D eigenvalue weighted by Gasteiger charge is 2.22. The van der Waals surface area contributed by atoms with Gasteiger partial charge in [-0.2, -0.15) is 5.10 Å². The van der Waals surface area contributed by atoms with Crippen molar-refractivity contribution in [2.75, 3.05) is 5.32 Å². The normalized spacial score (nSPS) is 10.5. The summed E-state index contributed by atoms with van der Waals surface area (Å²) in [5.74, 6) is -1.20. The van der Waals surface area contributed by atoms with Gasteiger partial charge >= 0.3 is 5.97 Å². The molecule has 0 radical (unpaired) electrons. The van der Waals surface area contributed by atoms with Gasteiger partial charge in [0.2, 0.25) is 0 Å². The predicted octanol–water partition coefficient (Wildman–Crippen LogP) is 2.09. The number of hydrogen-bond acceptors (Lipinski definition) is 6. The van der Waals surface area contributed by atoms with Crippen molar-refractivity contribution in [3.8, 4) is 0 Å². The van der Waals surface area contributed by atoms with Crippen LogP contribution in [0, 0.1) is 0 Å². The number of nitrogens with one attached hydrogen (secondary N) is 1. The fourth-order valence-electron chi connectivity index (χ4n) is 2.56. The van der Waals surface area contributed by atoms with Crippen LogP contribution in [-0.4, -0.2) is 30.8 Å². The maximum atomic E-state index is 12.8. The number of carboxylic acids is 1. The minimum atomic E-state index is -1.20. The monoisotopic (exact) mass is 351 g/mol. The third kappa shape index (κ3) is 3.59. The Bertz CT molecular complexity index is 971. The summed E-state index contributed by atoms with van der Waals surface area (Å²) in [6.07, 6.45) is 4.95. The molecule has 0 aromatic carbocycles. The van der Waals surface area contributed by atoms with E-state index < -0.39 is 11.5 Å². The number of anilines is 2. The first-order valence-corrected chi connectivity index (χ1v) is 8.04. The Labute approximate surface area is 149 Å². The van der Waals surface area contributed by atoms with E-state index in [0.29, 0.717) is 11.4 Å². The highest BCUT2D eigenvalue weighted by atomic mass is 16.4. The summed E-state index contributed by atoms with van der Waals surface area (Å²) in [5, 5.41) is 16.6. The van der Waals surface area contributed by atoms with Gasteiger partial charge in [-0.25, -0.2) is 9.48 Å². The zero-order valence-corrected chi connectivity index (χ0v) is 14.1. The summed E-state index contributed by atoms with van der Waals surface area (Å²) in [6.45, 7) is 1.98. The van der Waals surface area contributed by atoms with E-state index in [0.717, 1.165) is 4.68 Å². The third-order valence-electron chi connectivity index (χ3n) is 3.77. The van der Waals surface area contributed by atoms with Crippen molar-refractivity contribution in [2.24, 2.45) is 0 Å². The molecule has 132 valence electrons. The predicted molar refractivity (Wildman–Crippen MR) is 95.7 cm³/mol. The molecule has 0 aliphatic carbocycles. The fraction of sp³-hybridized carbons (Fsp3) is 0.167. The van der Waals surface area contributed by atoms with E-state index in [9.17, 15) is 14.7 Å². The molecule has 0 bridgehead atoms. The number of pyridine rings is 2.